The lowest BCUT2D eigenvalue weighted by Gasteiger charge is -2.12. The summed E-state index contributed by atoms with van der Waals surface area (Å²) in [6, 6.07) is 9.82. The highest BCUT2D eigenvalue weighted by molar-refractivity contribution is 6.42. The Hall–Kier alpha value is -1.71. The number of benzene rings is 2. The van der Waals surface area contributed by atoms with Gasteiger partial charge in [-0.2, -0.15) is 0 Å². The number of hydrogen-bond acceptors (Lipinski definition) is 3. The molecule has 0 aliphatic heterocycles. The zero-order valence-electron chi connectivity index (χ0n) is 10.8. The molecule has 0 radical (unpaired) electrons. The number of carbonyl (C=O) groups is 1. The first-order valence-corrected chi connectivity index (χ1v) is 6.81. The molecule has 2 aromatic carbocycles. The van der Waals surface area contributed by atoms with Gasteiger partial charge in [0.1, 0.15) is 0 Å². The Morgan fingerprint density at radius 1 is 1.20 bits per heavy atom. The number of carbonyl (C=O) groups excluding carboxylic acids is 1. The van der Waals surface area contributed by atoms with E-state index in [0.29, 0.717) is 39.2 Å². The van der Waals surface area contributed by atoms with E-state index in [0.717, 1.165) is 0 Å². The molecule has 0 saturated heterocycles. The quantitative estimate of drug-likeness (QED) is 0.680. The van der Waals surface area contributed by atoms with Crippen LogP contribution in [0.3, 0.4) is 0 Å². The minimum atomic E-state index is -0.209. The summed E-state index contributed by atoms with van der Waals surface area (Å²) >= 11 is 11.8. The fourth-order valence-electron chi connectivity index (χ4n) is 1.83. The van der Waals surface area contributed by atoms with Crippen LogP contribution in [0.1, 0.15) is 22.8 Å². The molecule has 2 aromatic rings. The SMILES string of the molecule is CCOc1c(N)cccc1C(=O)c1ccc(Cl)c(Cl)c1. The van der Waals surface area contributed by atoms with Gasteiger partial charge in [-0.15, -0.1) is 0 Å². The number of para-hydroxylation sites is 1. The lowest BCUT2D eigenvalue weighted by atomic mass is 10.0. The Morgan fingerprint density at radius 2 is 1.95 bits per heavy atom. The monoisotopic (exact) mass is 309 g/mol. The maximum Gasteiger partial charge on any atom is 0.196 e. The van der Waals surface area contributed by atoms with Crippen LogP contribution in [0.4, 0.5) is 5.69 Å². The third kappa shape index (κ3) is 2.89. The van der Waals surface area contributed by atoms with E-state index in [2.05, 4.69) is 0 Å². The average molecular weight is 310 g/mol. The molecular formula is C15H13Cl2NO2. The van der Waals surface area contributed by atoms with Crippen LogP contribution in [0.2, 0.25) is 10.0 Å². The molecule has 0 atom stereocenters. The van der Waals surface area contributed by atoms with Crippen molar-refractivity contribution in [2.75, 3.05) is 12.3 Å². The summed E-state index contributed by atoms with van der Waals surface area (Å²) in [7, 11) is 0. The lowest BCUT2D eigenvalue weighted by Crippen LogP contribution is -2.07. The molecule has 2 rings (SSSR count). The van der Waals surface area contributed by atoms with Crippen LogP contribution in [0.5, 0.6) is 5.75 Å². The van der Waals surface area contributed by atoms with E-state index in [1.807, 2.05) is 6.92 Å². The highest BCUT2D eigenvalue weighted by Crippen LogP contribution is 2.30. The van der Waals surface area contributed by atoms with E-state index in [-0.39, 0.29) is 5.78 Å². The van der Waals surface area contributed by atoms with Crippen LogP contribution >= 0.6 is 23.2 Å². The maximum absolute atomic E-state index is 12.5. The van der Waals surface area contributed by atoms with E-state index in [1.54, 1.807) is 30.3 Å². The van der Waals surface area contributed by atoms with Gasteiger partial charge in [0.25, 0.3) is 0 Å². The van der Waals surface area contributed by atoms with Crippen LogP contribution in [0.15, 0.2) is 36.4 Å². The minimum Gasteiger partial charge on any atom is -0.491 e. The number of halogens is 2. The third-order valence-corrected chi connectivity index (χ3v) is 3.50. The molecule has 0 bridgehead atoms. The summed E-state index contributed by atoms with van der Waals surface area (Å²) in [5, 5.41) is 0.736. The predicted octanol–water partition coefficient (Wildman–Crippen LogP) is 4.21. The zero-order chi connectivity index (χ0) is 14.7. The Labute approximate surface area is 127 Å². The van der Waals surface area contributed by atoms with Crippen molar-refractivity contribution < 1.29 is 9.53 Å². The Kier molecular flexibility index (Phi) is 4.53. The average Bonchev–Trinajstić information content (AvgIpc) is 2.43. The van der Waals surface area contributed by atoms with Gasteiger partial charge in [0.2, 0.25) is 0 Å². The highest BCUT2D eigenvalue weighted by atomic mass is 35.5. The second-order valence-corrected chi connectivity index (χ2v) is 4.93. The summed E-state index contributed by atoms with van der Waals surface area (Å²) in [5.41, 5.74) is 7.13. The number of rotatable bonds is 4. The van der Waals surface area contributed by atoms with Gasteiger partial charge in [0.15, 0.2) is 11.5 Å². The number of anilines is 1. The van der Waals surface area contributed by atoms with Crippen molar-refractivity contribution >= 4 is 34.7 Å². The molecule has 0 heterocycles. The van der Waals surface area contributed by atoms with Gasteiger partial charge in [0.05, 0.1) is 27.9 Å². The van der Waals surface area contributed by atoms with E-state index in [9.17, 15) is 4.79 Å². The molecule has 0 amide bonds. The Balaban J connectivity index is 2.47. The van der Waals surface area contributed by atoms with Crippen LogP contribution in [-0.2, 0) is 0 Å². The Morgan fingerprint density at radius 3 is 2.60 bits per heavy atom. The molecule has 20 heavy (non-hydrogen) atoms. The van der Waals surface area contributed by atoms with Crippen molar-refractivity contribution in [2.24, 2.45) is 0 Å². The van der Waals surface area contributed by atoms with E-state index in [1.165, 1.54) is 6.07 Å². The molecule has 0 aliphatic carbocycles. The standard InChI is InChI=1S/C15H13Cl2NO2/c1-2-20-15-10(4-3-5-13(15)18)14(19)9-6-7-11(16)12(17)8-9/h3-8H,2,18H2,1H3. The van der Waals surface area contributed by atoms with E-state index >= 15 is 0 Å². The Bertz CT molecular complexity index is 656. The summed E-state index contributed by atoms with van der Waals surface area (Å²) in [5.74, 6) is 0.186. The molecule has 0 spiro atoms. The van der Waals surface area contributed by atoms with Crippen LogP contribution in [-0.4, -0.2) is 12.4 Å². The van der Waals surface area contributed by atoms with E-state index < -0.39 is 0 Å². The first-order chi connectivity index (χ1) is 9.54. The smallest absolute Gasteiger partial charge is 0.196 e. The summed E-state index contributed by atoms with van der Waals surface area (Å²) < 4.78 is 5.46. The maximum atomic E-state index is 12.5. The largest absolute Gasteiger partial charge is 0.491 e. The van der Waals surface area contributed by atoms with Gasteiger partial charge in [-0.1, -0.05) is 29.3 Å². The number of ketones is 1. The predicted molar refractivity (Wildman–Crippen MR) is 81.9 cm³/mol. The fourth-order valence-corrected chi connectivity index (χ4v) is 2.13. The second-order valence-electron chi connectivity index (χ2n) is 4.11. The number of nitrogen functional groups attached to an aromatic ring is 1. The van der Waals surface area contributed by atoms with Crippen LogP contribution < -0.4 is 10.5 Å². The molecule has 0 unspecified atom stereocenters. The molecule has 3 nitrogen and oxygen atoms in total. The highest BCUT2D eigenvalue weighted by Gasteiger charge is 2.17. The minimum absolute atomic E-state index is 0.209. The third-order valence-electron chi connectivity index (χ3n) is 2.76. The van der Waals surface area contributed by atoms with Crippen LogP contribution in [0, 0.1) is 0 Å². The number of hydrogen-bond donors (Lipinski definition) is 1. The van der Waals surface area contributed by atoms with Crippen molar-refractivity contribution in [2.45, 2.75) is 6.92 Å². The van der Waals surface area contributed by atoms with Gasteiger partial charge < -0.3 is 10.5 Å². The van der Waals surface area contributed by atoms with Crippen molar-refractivity contribution in [1.82, 2.24) is 0 Å². The molecule has 104 valence electrons. The molecule has 0 aromatic heterocycles. The molecule has 2 N–H and O–H groups in total. The normalized spacial score (nSPS) is 10.3. The van der Waals surface area contributed by atoms with E-state index in [4.69, 9.17) is 33.7 Å². The fraction of sp³-hybridized carbons (Fsp3) is 0.133. The van der Waals surface area contributed by atoms with Crippen molar-refractivity contribution in [3.05, 3.63) is 57.6 Å². The van der Waals surface area contributed by atoms with Gasteiger partial charge >= 0.3 is 0 Å². The summed E-state index contributed by atoms with van der Waals surface area (Å²) in [4.78, 5) is 12.5. The van der Waals surface area contributed by atoms with Gasteiger partial charge in [0, 0.05) is 5.56 Å². The lowest BCUT2D eigenvalue weighted by molar-refractivity contribution is 0.103. The van der Waals surface area contributed by atoms with Gasteiger partial charge in [-0.3, -0.25) is 4.79 Å². The first kappa shape index (κ1) is 14.7. The topological polar surface area (TPSA) is 52.3 Å². The first-order valence-electron chi connectivity index (χ1n) is 6.05. The second kappa shape index (κ2) is 6.16. The van der Waals surface area contributed by atoms with Crippen molar-refractivity contribution in [1.29, 1.82) is 0 Å². The summed E-state index contributed by atoms with van der Waals surface area (Å²) in [6.07, 6.45) is 0. The molecule has 0 fully saturated rings. The van der Waals surface area contributed by atoms with Gasteiger partial charge in [-0.25, -0.2) is 0 Å². The summed E-state index contributed by atoms with van der Waals surface area (Å²) in [6.45, 7) is 2.26. The van der Waals surface area contributed by atoms with Crippen LogP contribution in [0.25, 0.3) is 0 Å². The number of ether oxygens (including phenoxy) is 1. The molecule has 0 aliphatic rings. The number of nitrogens with two attached hydrogens (primary N) is 1. The molecule has 0 saturated carbocycles. The molecule has 5 heteroatoms. The zero-order valence-corrected chi connectivity index (χ0v) is 12.3. The van der Waals surface area contributed by atoms with Gasteiger partial charge in [-0.05, 0) is 37.3 Å². The van der Waals surface area contributed by atoms with Crippen molar-refractivity contribution in [3.63, 3.8) is 0 Å². The molecular weight excluding hydrogens is 297 g/mol. The van der Waals surface area contributed by atoms with Crippen molar-refractivity contribution in [3.8, 4) is 5.75 Å².